The Morgan fingerprint density at radius 3 is 2.42 bits per heavy atom. The van der Waals surface area contributed by atoms with Crippen molar-refractivity contribution in [3.8, 4) is 0 Å². The Morgan fingerprint density at radius 1 is 1.37 bits per heavy atom. The molecule has 0 aliphatic rings. The second-order valence-corrected chi connectivity index (χ2v) is 4.16. The van der Waals surface area contributed by atoms with E-state index in [1.165, 1.54) is 0 Å². The number of hydrogen-bond donors (Lipinski definition) is 2. The molecule has 2 N–H and O–H groups in total. The lowest BCUT2D eigenvalue weighted by Crippen LogP contribution is -2.39. The number of halogens is 4. The molecule has 0 saturated carbocycles. The standard InChI is InChI=1S/C11H9ClF3NO3/c1-5(10(18)19)16-9(17)7-3-2-6(12)4-8(7)11(13,14)15/h2-5H,1H3,(H,16,17)(H,18,19)/t5-/m0/s1. The van der Waals surface area contributed by atoms with Gasteiger partial charge in [-0.3, -0.25) is 9.59 Å². The van der Waals surface area contributed by atoms with Crippen molar-refractivity contribution in [1.29, 1.82) is 0 Å². The molecular formula is C11H9ClF3NO3. The van der Waals surface area contributed by atoms with Gasteiger partial charge < -0.3 is 10.4 Å². The van der Waals surface area contributed by atoms with Crippen LogP contribution in [0.3, 0.4) is 0 Å². The molecule has 4 nitrogen and oxygen atoms in total. The monoisotopic (exact) mass is 295 g/mol. The van der Waals surface area contributed by atoms with Crippen LogP contribution in [0.5, 0.6) is 0 Å². The number of carboxylic acids is 1. The molecule has 1 rings (SSSR count). The Kier molecular flexibility index (Phi) is 4.41. The van der Waals surface area contributed by atoms with Gasteiger partial charge in [0.2, 0.25) is 0 Å². The maximum absolute atomic E-state index is 12.7. The van der Waals surface area contributed by atoms with Gasteiger partial charge in [0.25, 0.3) is 5.91 Å². The van der Waals surface area contributed by atoms with E-state index in [4.69, 9.17) is 16.7 Å². The second-order valence-electron chi connectivity index (χ2n) is 3.72. The quantitative estimate of drug-likeness (QED) is 0.900. The number of carbonyl (C=O) groups excluding carboxylic acids is 1. The second kappa shape index (κ2) is 5.48. The topological polar surface area (TPSA) is 66.4 Å². The summed E-state index contributed by atoms with van der Waals surface area (Å²) in [5.74, 6) is -2.48. The number of carboxylic acid groups (broad SMARTS) is 1. The van der Waals surface area contributed by atoms with E-state index in [-0.39, 0.29) is 5.02 Å². The lowest BCUT2D eigenvalue weighted by molar-refractivity contribution is -0.138. The van der Waals surface area contributed by atoms with Crippen LogP contribution in [0.4, 0.5) is 13.2 Å². The van der Waals surface area contributed by atoms with Crippen LogP contribution in [0.25, 0.3) is 0 Å². The highest BCUT2D eigenvalue weighted by Crippen LogP contribution is 2.33. The molecule has 0 unspecified atom stereocenters. The smallest absolute Gasteiger partial charge is 0.417 e. The average molecular weight is 296 g/mol. The van der Waals surface area contributed by atoms with E-state index >= 15 is 0 Å². The summed E-state index contributed by atoms with van der Waals surface area (Å²) < 4.78 is 38.2. The van der Waals surface area contributed by atoms with Crippen molar-refractivity contribution in [1.82, 2.24) is 5.32 Å². The summed E-state index contributed by atoms with van der Waals surface area (Å²) in [5, 5.41) is 10.4. The third-order valence-corrected chi connectivity index (χ3v) is 2.48. The molecule has 8 heteroatoms. The fourth-order valence-corrected chi connectivity index (χ4v) is 1.46. The predicted octanol–water partition coefficient (Wildman–Crippen LogP) is 2.56. The molecule has 1 aromatic rings. The number of alkyl halides is 3. The third-order valence-electron chi connectivity index (χ3n) is 2.25. The number of carbonyl (C=O) groups is 2. The highest BCUT2D eigenvalue weighted by atomic mass is 35.5. The summed E-state index contributed by atoms with van der Waals surface area (Å²) in [7, 11) is 0. The summed E-state index contributed by atoms with van der Waals surface area (Å²) in [4.78, 5) is 22.2. The van der Waals surface area contributed by atoms with Gasteiger partial charge >= 0.3 is 12.1 Å². The van der Waals surface area contributed by atoms with Crippen molar-refractivity contribution in [3.05, 3.63) is 34.3 Å². The van der Waals surface area contributed by atoms with Crippen molar-refractivity contribution >= 4 is 23.5 Å². The van der Waals surface area contributed by atoms with E-state index < -0.39 is 35.2 Å². The largest absolute Gasteiger partial charge is 0.480 e. The zero-order valence-corrected chi connectivity index (χ0v) is 10.3. The first-order valence-electron chi connectivity index (χ1n) is 5.03. The Labute approximate surface area is 111 Å². The van der Waals surface area contributed by atoms with E-state index in [0.717, 1.165) is 19.1 Å². The van der Waals surface area contributed by atoms with Crippen LogP contribution in [-0.4, -0.2) is 23.0 Å². The molecule has 1 atom stereocenters. The number of nitrogens with one attached hydrogen (secondary N) is 1. The first-order chi connectivity index (χ1) is 8.62. The molecule has 0 radical (unpaired) electrons. The van der Waals surface area contributed by atoms with Crippen LogP contribution in [0.15, 0.2) is 18.2 Å². The average Bonchev–Trinajstić information content (AvgIpc) is 2.27. The van der Waals surface area contributed by atoms with Crippen molar-refractivity contribution in [2.45, 2.75) is 19.1 Å². The number of benzene rings is 1. The molecule has 19 heavy (non-hydrogen) atoms. The molecule has 0 aromatic heterocycles. The van der Waals surface area contributed by atoms with Gasteiger partial charge in [0.1, 0.15) is 6.04 Å². The van der Waals surface area contributed by atoms with Gasteiger partial charge in [-0.05, 0) is 25.1 Å². The van der Waals surface area contributed by atoms with Crippen LogP contribution >= 0.6 is 11.6 Å². The molecule has 0 aliphatic heterocycles. The minimum absolute atomic E-state index is 0.171. The van der Waals surface area contributed by atoms with Crippen LogP contribution in [0.1, 0.15) is 22.8 Å². The van der Waals surface area contributed by atoms with E-state index in [0.29, 0.717) is 6.07 Å². The van der Waals surface area contributed by atoms with Crippen molar-refractivity contribution in [2.75, 3.05) is 0 Å². The summed E-state index contributed by atoms with van der Waals surface area (Å²) >= 11 is 5.46. The number of hydrogen-bond acceptors (Lipinski definition) is 2. The molecular weight excluding hydrogens is 287 g/mol. The molecule has 0 aliphatic carbocycles. The zero-order chi connectivity index (χ0) is 14.8. The maximum Gasteiger partial charge on any atom is 0.417 e. The van der Waals surface area contributed by atoms with Crippen LogP contribution in [0.2, 0.25) is 5.02 Å². The Bertz CT molecular complexity index is 516. The Hall–Kier alpha value is -1.76. The van der Waals surface area contributed by atoms with Crippen molar-refractivity contribution in [2.24, 2.45) is 0 Å². The van der Waals surface area contributed by atoms with Gasteiger partial charge in [-0.15, -0.1) is 0 Å². The van der Waals surface area contributed by atoms with E-state index in [9.17, 15) is 22.8 Å². The van der Waals surface area contributed by atoms with Gasteiger partial charge in [-0.2, -0.15) is 13.2 Å². The molecule has 0 bridgehead atoms. The Morgan fingerprint density at radius 2 is 1.95 bits per heavy atom. The zero-order valence-electron chi connectivity index (χ0n) is 9.58. The van der Waals surface area contributed by atoms with E-state index in [1.54, 1.807) is 0 Å². The van der Waals surface area contributed by atoms with Crippen LogP contribution < -0.4 is 5.32 Å². The third kappa shape index (κ3) is 3.85. The van der Waals surface area contributed by atoms with E-state index in [2.05, 4.69) is 0 Å². The molecule has 0 spiro atoms. The van der Waals surface area contributed by atoms with Crippen molar-refractivity contribution < 1.29 is 27.9 Å². The Balaban J connectivity index is 3.13. The fraction of sp³-hybridized carbons (Fsp3) is 0.273. The molecule has 0 heterocycles. The van der Waals surface area contributed by atoms with Gasteiger partial charge in [-0.1, -0.05) is 11.6 Å². The van der Waals surface area contributed by atoms with Gasteiger partial charge in [0.05, 0.1) is 11.1 Å². The highest BCUT2D eigenvalue weighted by molar-refractivity contribution is 6.30. The summed E-state index contributed by atoms with van der Waals surface area (Å²) in [6.45, 7) is 1.14. The summed E-state index contributed by atoms with van der Waals surface area (Å²) in [6, 6.07) is 1.33. The first-order valence-corrected chi connectivity index (χ1v) is 5.41. The lowest BCUT2D eigenvalue weighted by atomic mass is 10.1. The van der Waals surface area contributed by atoms with Gasteiger partial charge in [0.15, 0.2) is 0 Å². The number of amides is 1. The number of rotatable bonds is 3. The fourth-order valence-electron chi connectivity index (χ4n) is 1.29. The number of aliphatic carboxylic acids is 1. The van der Waals surface area contributed by atoms with Crippen molar-refractivity contribution in [3.63, 3.8) is 0 Å². The first kappa shape index (κ1) is 15.3. The van der Waals surface area contributed by atoms with Crippen LogP contribution in [-0.2, 0) is 11.0 Å². The normalized spacial score (nSPS) is 12.9. The van der Waals surface area contributed by atoms with Gasteiger partial charge in [0, 0.05) is 5.02 Å². The SMILES string of the molecule is C[C@H](NC(=O)c1ccc(Cl)cc1C(F)(F)F)C(=O)O. The summed E-state index contributed by atoms with van der Waals surface area (Å²) in [5.41, 5.74) is -1.89. The predicted molar refractivity (Wildman–Crippen MR) is 61.0 cm³/mol. The maximum atomic E-state index is 12.7. The minimum Gasteiger partial charge on any atom is -0.480 e. The molecule has 1 amide bonds. The van der Waals surface area contributed by atoms with Crippen LogP contribution in [0, 0.1) is 0 Å². The highest BCUT2D eigenvalue weighted by Gasteiger charge is 2.35. The molecule has 0 saturated heterocycles. The molecule has 104 valence electrons. The molecule has 0 fully saturated rings. The van der Waals surface area contributed by atoms with E-state index in [1.807, 2.05) is 5.32 Å². The summed E-state index contributed by atoms with van der Waals surface area (Å²) in [6.07, 6.45) is -4.76. The molecule has 1 aromatic carbocycles. The minimum atomic E-state index is -4.76. The van der Waals surface area contributed by atoms with Gasteiger partial charge in [-0.25, -0.2) is 0 Å². The lowest BCUT2D eigenvalue weighted by Gasteiger charge is -2.14.